The maximum absolute atomic E-state index is 13.1. The lowest BCUT2D eigenvalue weighted by molar-refractivity contribution is -0.125. The molecule has 0 spiro atoms. The molecule has 0 saturated carbocycles. The van der Waals surface area contributed by atoms with Crippen LogP contribution in [0.1, 0.15) is 33.6 Å². The summed E-state index contributed by atoms with van der Waals surface area (Å²) in [5, 5.41) is 0. The Kier molecular flexibility index (Phi) is 5.42. The molecule has 24 heavy (non-hydrogen) atoms. The molecule has 4 nitrogen and oxygen atoms in total. The highest BCUT2D eigenvalue weighted by atomic mass is 19.1. The fourth-order valence-electron chi connectivity index (χ4n) is 2.46. The fourth-order valence-corrected chi connectivity index (χ4v) is 2.46. The standard InChI is InChI=1S/C19H25FN2O2/c1-18(2,3)9-10-19(17(21)23)8-7-15(22-13-19)12-24-16-6-4-5-14(20)11-16/h4-8,11H,9-10,12-13H2,1-3H3,(H2,21,23). The Morgan fingerprint density at radius 1 is 1.42 bits per heavy atom. The van der Waals surface area contributed by atoms with E-state index in [1.54, 1.807) is 18.2 Å². The highest BCUT2D eigenvalue weighted by Gasteiger charge is 2.36. The van der Waals surface area contributed by atoms with Crippen molar-refractivity contribution in [2.45, 2.75) is 33.6 Å². The topological polar surface area (TPSA) is 64.7 Å². The second-order valence-corrected chi connectivity index (χ2v) is 7.47. The van der Waals surface area contributed by atoms with Crippen LogP contribution in [0.5, 0.6) is 5.75 Å². The molecule has 0 saturated heterocycles. The normalized spacial score (nSPS) is 20.6. The zero-order valence-electron chi connectivity index (χ0n) is 14.5. The van der Waals surface area contributed by atoms with E-state index in [9.17, 15) is 9.18 Å². The summed E-state index contributed by atoms with van der Waals surface area (Å²) < 4.78 is 18.7. The highest BCUT2D eigenvalue weighted by molar-refractivity contribution is 5.99. The molecule has 1 aromatic carbocycles. The van der Waals surface area contributed by atoms with Gasteiger partial charge in [-0.05, 0) is 36.5 Å². The Balaban J connectivity index is 1.98. The minimum Gasteiger partial charge on any atom is -0.487 e. The number of hydrogen-bond donors (Lipinski definition) is 1. The zero-order valence-corrected chi connectivity index (χ0v) is 14.5. The molecule has 1 atom stereocenters. The Bertz CT molecular complexity index is 662. The number of halogens is 1. The summed E-state index contributed by atoms with van der Waals surface area (Å²) in [6.45, 7) is 6.96. The predicted molar refractivity (Wildman–Crippen MR) is 93.7 cm³/mol. The van der Waals surface area contributed by atoms with Crippen LogP contribution < -0.4 is 10.5 Å². The van der Waals surface area contributed by atoms with Crippen LogP contribution in [0.2, 0.25) is 0 Å². The number of amides is 1. The minimum absolute atomic E-state index is 0.126. The van der Waals surface area contributed by atoms with Crippen LogP contribution in [0, 0.1) is 16.6 Å². The van der Waals surface area contributed by atoms with Crippen molar-refractivity contribution in [2.24, 2.45) is 21.6 Å². The van der Waals surface area contributed by atoms with Crippen molar-refractivity contribution < 1.29 is 13.9 Å². The maximum atomic E-state index is 13.1. The van der Waals surface area contributed by atoms with E-state index in [4.69, 9.17) is 10.5 Å². The number of benzene rings is 1. The van der Waals surface area contributed by atoms with Gasteiger partial charge in [-0.25, -0.2) is 4.39 Å². The summed E-state index contributed by atoms with van der Waals surface area (Å²) >= 11 is 0. The fraction of sp³-hybridized carbons (Fsp3) is 0.474. The SMILES string of the molecule is CC(C)(C)CCC1(C(N)=O)C=CC(COc2cccc(F)c2)=NC1. The summed E-state index contributed by atoms with van der Waals surface area (Å²) in [6, 6.07) is 5.96. The first-order chi connectivity index (χ1) is 11.2. The molecule has 1 amide bonds. The smallest absolute Gasteiger partial charge is 0.229 e. The van der Waals surface area contributed by atoms with Crippen molar-refractivity contribution in [1.82, 2.24) is 0 Å². The predicted octanol–water partition coefficient (Wildman–Crippen LogP) is 3.51. The van der Waals surface area contributed by atoms with Gasteiger partial charge in [0.15, 0.2) is 0 Å². The van der Waals surface area contributed by atoms with E-state index in [0.29, 0.717) is 24.4 Å². The molecule has 0 radical (unpaired) electrons. The number of aliphatic imine (C=N–C) groups is 1. The average molecular weight is 332 g/mol. The summed E-state index contributed by atoms with van der Waals surface area (Å²) in [4.78, 5) is 16.4. The van der Waals surface area contributed by atoms with Crippen molar-refractivity contribution in [1.29, 1.82) is 0 Å². The van der Waals surface area contributed by atoms with Gasteiger partial charge < -0.3 is 10.5 Å². The molecule has 1 heterocycles. The Morgan fingerprint density at radius 3 is 2.71 bits per heavy atom. The first-order valence-electron chi connectivity index (χ1n) is 8.11. The van der Waals surface area contributed by atoms with Crippen molar-refractivity contribution in [2.75, 3.05) is 13.2 Å². The van der Waals surface area contributed by atoms with E-state index in [1.807, 2.05) is 6.08 Å². The molecule has 0 aliphatic carbocycles. The van der Waals surface area contributed by atoms with E-state index >= 15 is 0 Å². The van der Waals surface area contributed by atoms with E-state index in [1.165, 1.54) is 12.1 Å². The van der Waals surface area contributed by atoms with Crippen molar-refractivity contribution in [3.05, 3.63) is 42.2 Å². The van der Waals surface area contributed by atoms with Gasteiger partial charge in [-0.2, -0.15) is 0 Å². The Labute approximate surface area is 142 Å². The summed E-state index contributed by atoms with van der Waals surface area (Å²) in [5.74, 6) is -0.244. The Morgan fingerprint density at radius 2 is 2.17 bits per heavy atom. The molecule has 1 unspecified atom stereocenters. The van der Waals surface area contributed by atoms with Gasteiger partial charge in [0.25, 0.3) is 0 Å². The lowest BCUT2D eigenvalue weighted by Gasteiger charge is -2.31. The van der Waals surface area contributed by atoms with Crippen LogP contribution in [0.3, 0.4) is 0 Å². The van der Waals surface area contributed by atoms with Crippen LogP contribution in [0.4, 0.5) is 4.39 Å². The second-order valence-electron chi connectivity index (χ2n) is 7.47. The average Bonchev–Trinajstić information content (AvgIpc) is 2.51. The van der Waals surface area contributed by atoms with Gasteiger partial charge >= 0.3 is 0 Å². The second kappa shape index (κ2) is 7.16. The number of primary amides is 1. The van der Waals surface area contributed by atoms with Crippen LogP contribution in [0.25, 0.3) is 0 Å². The van der Waals surface area contributed by atoms with Gasteiger partial charge in [-0.15, -0.1) is 0 Å². The third-order valence-corrected chi connectivity index (χ3v) is 4.15. The largest absolute Gasteiger partial charge is 0.487 e. The van der Waals surface area contributed by atoms with Crippen LogP contribution in [0.15, 0.2) is 41.4 Å². The molecule has 5 heteroatoms. The molecule has 1 aromatic rings. The molecule has 0 aromatic heterocycles. The number of nitrogens with two attached hydrogens (primary N) is 1. The number of hydrogen-bond acceptors (Lipinski definition) is 3. The number of carbonyl (C=O) groups is 1. The first-order valence-corrected chi connectivity index (χ1v) is 8.11. The third kappa shape index (κ3) is 4.91. The number of rotatable bonds is 6. The van der Waals surface area contributed by atoms with E-state index in [2.05, 4.69) is 25.8 Å². The number of carbonyl (C=O) groups excluding carboxylic acids is 1. The molecule has 1 aliphatic rings. The van der Waals surface area contributed by atoms with Crippen molar-refractivity contribution in [3.63, 3.8) is 0 Å². The maximum Gasteiger partial charge on any atom is 0.229 e. The molecule has 2 N–H and O–H groups in total. The first kappa shape index (κ1) is 18.2. The van der Waals surface area contributed by atoms with E-state index in [0.717, 1.165) is 6.42 Å². The molecule has 0 bridgehead atoms. The summed E-state index contributed by atoms with van der Waals surface area (Å²) in [6.07, 6.45) is 5.18. The van der Waals surface area contributed by atoms with E-state index in [-0.39, 0.29) is 23.7 Å². The summed E-state index contributed by atoms with van der Waals surface area (Å²) in [7, 11) is 0. The van der Waals surface area contributed by atoms with Crippen molar-refractivity contribution >= 4 is 11.6 Å². The monoisotopic (exact) mass is 332 g/mol. The molecular formula is C19H25FN2O2. The molecule has 2 rings (SSSR count). The molecule has 1 aliphatic heterocycles. The van der Waals surface area contributed by atoms with E-state index < -0.39 is 5.41 Å². The number of nitrogens with zero attached hydrogens (tertiary/aromatic N) is 1. The number of dihydropyridines is 1. The molecule has 0 fully saturated rings. The van der Waals surface area contributed by atoms with Gasteiger partial charge in [0.05, 0.1) is 17.7 Å². The van der Waals surface area contributed by atoms with Gasteiger partial charge in [0.2, 0.25) is 5.91 Å². The molecule has 130 valence electrons. The number of ether oxygens (including phenoxy) is 1. The van der Waals surface area contributed by atoms with Crippen molar-refractivity contribution in [3.8, 4) is 5.75 Å². The van der Waals surface area contributed by atoms with Gasteiger partial charge in [0, 0.05) is 6.07 Å². The minimum atomic E-state index is -0.727. The lowest BCUT2D eigenvalue weighted by Crippen LogP contribution is -2.41. The van der Waals surface area contributed by atoms with Crippen LogP contribution in [-0.4, -0.2) is 24.8 Å². The van der Waals surface area contributed by atoms with Gasteiger partial charge in [-0.1, -0.05) is 32.9 Å². The Hall–Kier alpha value is -2.17. The van der Waals surface area contributed by atoms with Crippen LogP contribution >= 0.6 is 0 Å². The molecular weight excluding hydrogens is 307 g/mol. The lowest BCUT2D eigenvalue weighted by atomic mass is 9.75. The quantitative estimate of drug-likeness (QED) is 0.866. The summed E-state index contributed by atoms with van der Waals surface area (Å²) in [5.41, 5.74) is 5.74. The zero-order chi connectivity index (χ0) is 17.8. The van der Waals surface area contributed by atoms with Gasteiger partial charge in [-0.3, -0.25) is 9.79 Å². The third-order valence-electron chi connectivity index (χ3n) is 4.15. The van der Waals surface area contributed by atoms with Gasteiger partial charge in [0.1, 0.15) is 18.2 Å². The van der Waals surface area contributed by atoms with Crippen LogP contribution in [-0.2, 0) is 4.79 Å². The highest BCUT2D eigenvalue weighted by Crippen LogP contribution is 2.34.